The second kappa shape index (κ2) is 17.7. The van der Waals surface area contributed by atoms with Crippen LogP contribution in [0, 0.1) is 35.5 Å². The molecular weight excluding hydrogens is 752 g/mol. The van der Waals surface area contributed by atoms with Crippen LogP contribution in [0.25, 0.3) is 0 Å². The summed E-state index contributed by atoms with van der Waals surface area (Å²) in [5.74, 6) is -2.82. The lowest BCUT2D eigenvalue weighted by atomic mass is 9.78. The van der Waals surface area contributed by atoms with E-state index < -0.39 is 34.8 Å². The number of aldehydes is 1. The van der Waals surface area contributed by atoms with Crippen molar-refractivity contribution in [2.75, 3.05) is 21.3 Å². The molecule has 1 aromatic rings. The molecule has 5 fully saturated rings. The molecule has 5 aliphatic heterocycles. The first-order chi connectivity index (χ1) is 27.0. The summed E-state index contributed by atoms with van der Waals surface area (Å²) in [7, 11) is 4.59. The van der Waals surface area contributed by atoms with Crippen LogP contribution in [0.15, 0.2) is 24.3 Å². The van der Waals surface area contributed by atoms with E-state index >= 15 is 0 Å². The monoisotopic (exact) mass is 820 g/mol. The lowest BCUT2D eigenvalue weighted by molar-refractivity contribution is -0.339. The number of methoxy groups -OCH3 is 3. The van der Waals surface area contributed by atoms with Crippen LogP contribution in [0.5, 0.6) is 0 Å². The Bertz CT molecular complexity index is 1530. The van der Waals surface area contributed by atoms with E-state index in [4.69, 9.17) is 54.2 Å². The van der Waals surface area contributed by atoms with Gasteiger partial charge in [0, 0.05) is 49.8 Å². The number of ether oxygens (including phenoxy) is 9. The molecule has 11 nitrogen and oxygen atoms in total. The number of carbonyl (C=O) groups excluding carboxylic acids is 2. The van der Waals surface area contributed by atoms with E-state index in [2.05, 4.69) is 41.5 Å². The van der Waals surface area contributed by atoms with Crippen molar-refractivity contribution < 1.29 is 52.2 Å². The van der Waals surface area contributed by atoms with Crippen molar-refractivity contribution in [3.05, 3.63) is 34.9 Å². The van der Waals surface area contributed by atoms with Gasteiger partial charge in [0.05, 0.1) is 73.6 Å². The van der Waals surface area contributed by atoms with Crippen LogP contribution < -0.4 is 0 Å². The molecule has 0 unspecified atom stereocenters. The van der Waals surface area contributed by atoms with Gasteiger partial charge in [-0.2, -0.15) is 0 Å². The fourth-order valence-corrected chi connectivity index (χ4v) is 11.4. The van der Waals surface area contributed by atoms with Crippen molar-refractivity contribution in [3.8, 4) is 0 Å². The molecule has 0 saturated carbocycles. The average molecular weight is 821 g/mol. The highest BCUT2D eigenvalue weighted by molar-refractivity contribution is 6.30. The molecule has 57 heavy (non-hydrogen) atoms. The Balaban J connectivity index is 1.20. The number of benzene rings is 1. The summed E-state index contributed by atoms with van der Waals surface area (Å²) in [6.45, 7) is 17.3. The first kappa shape index (κ1) is 44.9. The molecule has 17 atom stereocenters. The van der Waals surface area contributed by atoms with Crippen LogP contribution in [0.4, 0.5) is 0 Å². The first-order valence-electron chi connectivity index (χ1n) is 21.4. The molecule has 0 aromatic heterocycles. The van der Waals surface area contributed by atoms with Crippen molar-refractivity contribution in [1.29, 1.82) is 0 Å². The zero-order valence-electron chi connectivity index (χ0n) is 36.1. The van der Waals surface area contributed by atoms with Gasteiger partial charge in [0.25, 0.3) is 0 Å². The Hall–Kier alpha value is -1.67. The van der Waals surface area contributed by atoms with Gasteiger partial charge in [0.2, 0.25) is 5.79 Å². The summed E-state index contributed by atoms with van der Waals surface area (Å²) in [5.41, 5.74) is -0.0785. The van der Waals surface area contributed by atoms with Gasteiger partial charge in [-0.05, 0) is 81.9 Å². The van der Waals surface area contributed by atoms with Crippen LogP contribution in [-0.2, 0) is 58.8 Å². The fraction of sp³-hybridized carbons (Fsp3) is 0.822. The summed E-state index contributed by atoms with van der Waals surface area (Å²) in [6.07, 6.45) is 5.20. The Morgan fingerprint density at radius 2 is 1.70 bits per heavy atom. The quantitative estimate of drug-likeness (QED) is 0.134. The Morgan fingerprint density at radius 1 is 0.982 bits per heavy atom. The minimum atomic E-state index is -1.26. The molecule has 0 amide bonds. The second-order valence-corrected chi connectivity index (χ2v) is 18.9. The van der Waals surface area contributed by atoms with Crippen molar-refractivity contribution in [2.45, 2.75) is 179 Å². The molecule has 322 valence electrons. The molecule has 5 saturated heterocycles. The summed E-state index contributed by atoms with van der Waals surface area (Å²) >= 11 is 6.18. The summed E-state index contributed by atoms with van der Waals surface area (Å²) in [5, 5.41) is 0.681. The van der Waals surface area contributed by atoms with Gasteiger partial charge in [-0.25, -0.2) is 0 Å². The van der Waals surface area contributed by atoms with Gasteiger partial charge in [0.1, 0.15) is 0 Å². The van der Waals surface area contributed by atoms with Crippen LogP contribution >= 0.6 is 11.6 Å². The first-order valence-corrected chi connectivity index (χ1v) is 21.8. The number of rotatable bonds is 14. The van der Waals surface area contributed by atoms with E-state index in [1.807, 2.05) is 38.1 Å². The van der Waals surface area contributed by atoms with Gasteiger partial charge in [-0.3, -0.25) is 9.59 Å². The molecule has 1 spiro atoms. The van der Waals surface area contributed by atoms with E-state index in [-0.39, 0.29) is 72.2 Å². The molecule has 5 aliphatic rings. The largest absolute Gasteiger partial charge is 0.469 e. The highest BCUT2D eigenvalue weighted by Gasteiger charge is 2.62. The van der Waals surface area contributed by atoms with E-state index in [1.54, 1.807) is 14.2 Å². The minimum absolute atomic E-state index is 0.0278. The van der Waals surface area contributed by atoms with Gasteiger partial charge in [0.15, 0.2) is 12.1 Å². The van der Waals surface area contributed by atoms with E-state index in [0.717, 1.165) is 50.4 Å². The number of esters is 1. The third-order valence-corrected chi connectivity index (χ3v) is 15.0. The molecule has 12 heteroatoms. The standard InChI is InChI=1S/C45H69ClO11/c1-12-43(40-27(3)22-34(53-40)37-26(2)21-28(4)45(25-47,51-11)56-37)18-17-36(54-43)42(8)19-20-44(57-42)23-35(52-24-32-13-15-33(46)16-14-32)29(5)39(55-44)30(6)38(49-9)31(7)41(48)50-10/h13-16,25-31,34-40H,12,17-24H2,1-11H3/t26-,27-,28+,29+,30-,31-,34+,35-,36+,37-,38+,39-,40+,42-,43-,44+,45-/m0/s1. The molecular formula is C45H69ClO11. The Labute approximate surface area is 345 Å². The maximum atomic E-state index is 12.7. The summed E-state index contributed by atoms with van der Waals surface area (Å²) in [4.78, 5) is 25.0. The highest BCUT2D eigenvalue weighted by atomic mass is 35.5. The van der Waals surface area contributed by atoms with Crippen molar-refractivity contribution in [1.82, 2.24) is 0 Å². The maximum absolute atomic E-state index is 12.7. The lowest BCUT2D eigenvalue weighted by Gasteiger charge is -2.50. The fourth-order valence-electron chi connectivity index (χ4n) is 11.3. The van der Waals surface area contributed by atoms with Crippen LogP contribution in [0.3, 0.4) is 0 Å². The molecule has 5 heterocycles. The Kier molecular flexibility index (Phi) is 14.0. The number of carbonyl (C=O) groups is 2. The van der Waals surface area contributed by atoms with Gasteiger partial charge in [-0.1, -0.05) is 65.3 Å². The molecule has 1 aromatic carbocycles. The summed E-state index contributed by atoms with van der Waals surface area (Å²) in [6, 6.07) is 7.73. The third-order valence-electron chi connectivity index (χ3n) is 14.7. The van der Waals surface area contributed by atoms with Crippen molar-refractivity contribution in [2.24, 2.45) is 35.5 Å². The molecule has 0 bridgehead atoms. The zero-order chi connectivity index (χ0) is 41.5. The van der Waals surface area contributed by atoms with E-state index in [1.165, 1.54) is 7.11 Å². The maximum Gasteiger partial charge on any atom is 0.311 e. The smallest absolute Gasteiger partial charge is 0.311 e. The summed E-state index contributed by atoms with van der Waals surface area (Å²) < 4.78 is 58.7. The van der Waals surface area contributed by atoms with Crippen molar-refractivity contribution in [3.63, 3.8) is 0 Å². The molecule has 0 radical (unpaired) electrons. The predicted octanol–water partition coefficient (Wildman–Crippen LogP) is 8.10. The van der Waals surface area contributed by atoms with Gasteiger partial charge in [-0.15, -0.1) is 0 Å². The van der Waals surface area contributed by atoms with E-state index in [9.17, 15) is 9.59 Å². The minimum Gasteiger partial charge on any atom is -0.469 e. The number of hydrogen-bond acceptors (Lipinski definition) is 11. The number of hydrogen-bond donors (Lipinski definition) is 0. The van der Waals surface area contributed by atoms with Crippen molar-refractivity contribution >= 4 is 23.9 Å². The third kappa shape index (κ3) is 8.63. The molecule has 0 aliphatic carbocycles. The predicted molar refractivity (Wildman–Crippen MR) is 214 cm³/mol. The van der Waals surface area contributed by atoms with Crippen LogP contribution in [-0.4, -0.2) is 99.1 Å². The highest BCUT2D eigenvalue weighted by Crippen LogP contribution is 2.55. The number of halogens is 1. The van der Waals surface area contributed by atoms with Crippen LogP contribution in [0.1, 0.15) is 112 Å². The normalized spacial score (nSPS) is 43.9. The van der Waals surface area contributed by atoms with Crippen LogP contribution in [0.2, 0.25) is 5.02 Å². The SMILES string of the molecule is CC[C@@]1([C@@H]2O[C@@H]([C@H]3O[C@](C=O)(OC)[C@H](C)C[C@@H]3C)C[C@@H]2C)CC[C@H]([C@]2(C)CC[C@]3(C[C@H](OCc4ccc(Cl)cc4)[C@@H](C)[C@@H]([C@@H](C)[C@@H](OC)[C@H](C)C(=O)OC)O3)O2)O1. The lowest BCUT2D eigenvalue weighted by Crippen LogP contribution is -2.57. The van der Waals surface area contributed by atoms with Gasteiger partial charge >= 0.3 is 5.97 Å². The van der Waals surface area contributed by atoms with Gasteiger partial charge < -0.3 is 42.6 Å². The topological polar surface area (TPSA) is 117 Å². The zero-order valence-corrected chi connectivity index (χ0v) is 36.9. The molecule has 0 N–H and O–H groups in total. The Morgan fingerprint density at radius 3 is 2.33 bits per heavy atom. The van der Waals surface area contributed by atoms with E-state index in [0.29, 0.717) is 24.5 Å². The average Bonchev–Trinajstić information content (AvgIpc) is 3.92. The second-order valence-electron chi connectivity index (χ2n) is 18.4. The molecule has 6 rings (SSSR count).